The van der Waals surface area contributed by atoms with Gasteiger partial charge in [-0.25, -0.2) is 0 Å². The van der Waals surface area contributed by atoms with Crippen molar-refractivity contribution in [3.05, 3.63) is 0 Å². The molecule has 0 spiro atoms. The van der Waals surface area contributed by atoms with Gasteiger partial charge in [-0.05, 0) is 117 Å². The fourth-order valence-electron chi connectivity index (χ4n) is 8.74. The van der Waals surface area contributed by atoms with Gasteiger partial charge in [-0.15, -0.1) is 0 Å². The fraction of sp³-hybridized carbons (Fsp3) is 1.00. The van der Waals surface area contributed by atoms with Gasteiger partial charge in [0.1, 0.15) is 0 Å². The van der Waals surface area contributed by atoms with E-state index in [1.807, 2.05) is 0 Å². The van der Waals surface area contributed by atoms with Crippen molar-refractivity contribution in [3.8, 4) is 0 Å². The number of hydrogen-bond donors (Lipinski definition) is 0. The Labute approximate surface area is 186 Å². The molecule has 5 aliphatic rings. The Morgan fingerprint density at radius 1 is 0.893 bits per heavy atom. The number of hydrogen-bond acceptors (Lipinski definition) is 2. The SMILES string of the molecule is C[C@@]12CCC3C(CC[C@@H]4CC(OC5CCCCO5)CC[C@@]34C)[C@H]1CC[C@H]2CI. The lowest BCUT2D eigenvalue weighted by Gasteiger charge is -2.61. The topological polar surface area (TPSA) is 18.5 Å². The molecule has 28 heavy (non-hydrogen) atoms. The summed E-state index contributed by atoms with van der Waals surface area (Å²) < 4.78 is 13.7. The summed E-state index contributed by atoms with van der Waals surface area (Å²) in [5.41, 5.74) is 1.24. The summed E-state index contributed by atoms with van der Waals surface area (Å²) in [6, 6.07) is 0. The summed E-state index contributed by atoms with van der Waals surface area (Å²) in [5.74, 6) is 4.91. The zero-order valence-corrected chi connectivity index (χ0v) is 20.3. The Morgan fingerprint density at radius 3 is 2.50 bits per heavy atom. The maximum absolute atomic E-state index is 6.45. The van der Waals surface area contributed by atoms with Gasteiger partial charge >= 0.3 is 0 Å². The van der Waals surface area contributed by atoms with E-state index >= 15 is 0 Å². The van der Waals surface area contributed by atoms with Gasteiger partial charge in [-0.3, -0.25) is 0 Å². The molecule has 1 aliphatic heterocycles. The summed E-state index contributed by atoms with van der Waals surface area (Å²) in [6.45, 7) is 6.27. The minimum Gasteiger partial charge on any atom is -0.353 e. The van der Waals surface area contributed by atoms with E-state index in [1.54, 1.807) is 0 Å². The molecule has 2 nitrogen and oxygen atoms in total. The monoisotopic (exact) mass is 500 g/mol. The highest BCUT2D eigenvalue weighted by atomic mass is 127. The lowest BCUT2D eigenvalue weighted by atomic mass is 9.45. The highest BCUT2D eigenvalue weighted by molar-refractivity contribution is 14.1. The first-order valence-corrected chi connectivity index (χ1v) is 13.9. The van der Waals surface area contributed by atoms with E-state index in [4.69, 9.17) is 9.47 Å². The van der Waals surface area contributed by atoms with Crippen LogP contribution in [0, 0.1) is 40.4 Å². The van der Waals surface area contributed by atoms with Crippen molar-refractivity contribution >= 4 is 22.6 Å². The fourth-order valence-corrected chi connectivity index (χ4v) is 10.2. The van der Waals surface area contributed by atoms with Gasteiger partial charge in [0, 0.05) is 11.0 Å². The summed E-state index contributed by atoms with van der Waals surface area (Å²) in [5, 5.41) is 0. The number of alkyl halides is 1. The molecule has 0 N–H and O–H groups in total. The number of halogens is 1. The predicted molar refractivity (Wildman–Crippen MR) is 123 cm³/mol. The van der Waals surface area contributed by atoms with E-state index in [1.165, 1.54) is 75.1 Å². The molecule has 4 saturated carbocycles. The zero-order chi connectivity index (χ0) is 19.4. The second-order valence-corrected chi connectivity index (χ2v) is 12.3. The van der Waals surface area contributed by atoms with Crippen molar-refractivity contribution in [3.63, 3.8) is 0 Å². The Balaban J connectivity index is 1.27. The third kappa shape index (κ3) is 3.32. The van der Waals surface area contributed by atoms with Gasteiger partial charge < -0.3 is 9.47 Å². The van der Waals surface area contributed by atoms with Gasteiger partial charge in [0.25, 0.3) is 0 Å². The van der Waals surface area contributed by atoms with Gasteiger partial charge in [0.15, 0.2) is 6.29 Å². The first kappa shape index (κ1) is 20.5. The van der Waals surface area contributed by atoms with Gasteiger partial charge in [0.05, 0.1) is 6.10 Å². The molecule has 0 bridgehead atoms. The molecule has 1 heterocycles. The third-order valence-corrected chi connectivity index (χ3v) is 11.5. The van der Waals surface area contributed by atoms with E-state index in [9.17, 15) is 0 Å². The first-order valence-electron chi connectivity index (χ1n) is 12.4. The minimum absolute atomic E-state index is 0.0959. The van der Waals surface area contributed by atoms with E-state index in [-0.39, 0.29) is 6.29 Å². The van der Waals surface area contributed by atoms with Crippen LogP contribution >= 0.6 is 22.6 Å². The molecule has 3 heteroatoms. The molecule has 0 aromatic heterocycles. The van der Waals surface area contributed by atoms with Crippen molar-refractivity contribution < 1.29 is 9.47 Å². The molecule has 0 aromatic rings. The summed E-state index contributed by atoms with van der Waals surface area (Å²) in [4.78, 5) is 0. The Hall–Kier alpha value is 0.650. The van der Waals surface area contributed by atoms with Crippen molar-refractivity contribution in [1.29, 1.82) is 0 Å². The summed E-state index contributed by atoms with van der Waals surface area (Å²) >= 11 is 2.67. The smallest absolute Gasteiger partial charge is 0.157 e. The van der Waals surface area contributed by atoms with E-state index in [2.05, 4.69) is 36.4 Å². The molecule has 5 fully saturated rings. The Bertz CT molecular complexity index is 561. The van der Waals surface area contributed by atoms with Crippen LogP contribution in [0.5, 0.6) is 0 Å². The molecule has 0 aromatic carbocycles. The largest absolute Gasteiger partial charge is 0.353 e. The zero-order valence-electron chi connectivity index (χ0n) is 18.1. The van der Waals surface area contributed by atoms with Gasteiger partial charge in [-0.2, -0.15) is 0 Å². The molecule has 1 saturated heterocycles. The summed E-state index contributed by atoms with van der Waals surface area (Å²) in [7, 11) is 0. The molecule has 0 amide bonds. The van der Waals surface area contributed by atoms with Crippen LogP contribution in [-0.4, -0.2) is 23.4 Å². The predicted octanol–water partition coefficient (Wildman–Crippen LogP) is 6.99. The quantitative estimate of drug-likeness (QED) is 0.236. The standard InChI is InChI=1S/C25H41IO2/c1-24-12-10-19(28-23-5-3-4-14-27-23)15-17(24)6-8-20-21-9-7-18(16-26)25(21,2)13-11-22(20)24/h17-23H,3-16H2,1-2H3/t17-,18+,19?,20?,21-,22?,23?,24-,25+/m1/s1. The van der Waals surface area contributed by atoms with Crippen LogP contribution in [0.3, 0.4) is 0 Å². The van der Waals surface area contributed by atoms with E-state index < -0.39 is 0 Å². The Kier molecular flexibility index (Phi) is 5.85. The highest BCUT2D eigenvalue weighted by Gasteiger charge is 2.60. The molecule has 5 rings (SSSR count). The van der Waals surface area contributed by atoms with Crippen molar-refractivity contribution in [2.45, 2.75) is 103 Å². The lowest BCUT2D eigenvalue weighted by Crippen LogP contribution is -2.54. The molecule has 4 aliphatic carbocycles. The maximum atomic E-state index is 6.45. The van der Waals surface area contributed by atoms with Crippen LogP contribution in [0.15, 0.2) is 0 Å². The highest BCUT2D eigenvalue weighted by Crippen LogP contribution is 2.67. The first-order chi connectivity index (χ1) is 13.5. The van der Waals surface area contributed by atoms with Crippen LogP contribution in [0.1, 0.15) is 90.9 Å². The second kappa shape index (κ2) is 7.97. The molecule has 160 valence electrons. The third-order valence-electron chi connectivity index (χ3n) is 10.5. The van der Waals surface area contributed by atoms with Crippen LogP contribution in [-0.2, 0) is 9.47 Å². The van der Waals surface area contributed by atoms with Crippen LogP contribution < -0.4 is 0 Å². The molecule has 4 unspecified atom stereocenters. The molecular formula is C25H41IO2. The molecule has 9 atom stereocenters. The van der Waals surface area contributed by atoms with Gasteiger partial charge in [0.2, 0.25) is 0 Å². The van der Waals surface area contributed by atoms with E-state index in [0.717, 1.165) is 42.6 Å². The number of rotatable bonds is 3. The average molecular weight is 501 g/mol. The lowest BCUT2D eigenvalue weighted by molar-refractivity contribution is -0.212. The van der Waals surface area contributed by atoms with Gasteiger partial charge in [-0.1, -0.05) is 36.4 Å². The van der Waals surface area contributed by atoms with Crippen LogP contribution in [0.4, 0.5) is 0 Å². The minimum atomic E-state index is 0.0959. The van der Waals surface area contributed by atoms with Crippen LogP contribution in [0.2, 0.25) is 0 Å². The average Bonchev–Trinajstić information content (AvgIpc) is 3.05. The van der Waals surface area contributed by atoms with Crippen LogP contribution in [0.25, 0.3) is 0 Å². The number of ether oxygens (including phenoxy) is 2. The summed E-state index contributed by atoms with van der Waals surface area (Å²) in [6.07, 6.45) is 17.1. The molecule has 0 radical (unpaired) electrons. The Morgan fingerprint density at radius 2 is 1.71 bits per heavy atom. The van der Waals surface area contributed by atoms with Crippen molar-refractivity contribution in [2.75, 3.05) is 11.0 Å². The van der Waals surface area contributed by atoms with Crippen molar-refractivity contribution in [1.82, 2.24) is 0 Å². The molecular weight excluding hydrogens is 459 g/mol. The van der Waals surface area contributed by atoms with E-state index in [0.29, 0.717) is 16.9 Å². The number of fused-ring (bicyclic) bond motifs is 5. The normalized spacial score (nSPS) is 53.9. The van der Waals surface area contributed by atoms with Crippen molar-refractivity contribution in [2.24, 2.45) is 40.4 Å². The second-order valence-electron chi connectivity index (χ2n) is 11.5. The maximum Gasteiger partial charge on any atom is 0.157 e.